The summed E-state index contributed by atoms with van der Waals surface area (Å²) in [4.78, 5) is 22.7. The lowest BCUT2D eigenvalue weighted by Crippen LogP contribution is -2.27. The Balaban J connectivity index is 2.27. The summed E-state index contributed by atoms with van der Waals surface area (Å²) in [6.07, 6.45) is 0. The van der Waals surface area contributed by atoms with E-state index < -0.39 is 10.8 Å². The van der Waals surface area contributed by atoms with Crippen LogP contribution in [0, 0.1) is 10.1 Å². The number of benzene rings is 1. The third kappa shape index (κ3) is 3.36. The van der Waals surface area contributed by atoms with E-state index in [1.54, 1.807) is 0 Å². The molecular formula is C13H14N4O3S. The molecule has 1 aromatic heterocycles. The summed E-state index contributed by atoms with van der Waals surface area (Å²) in [7, 11) is 0. The summed E-state index contributed by atoms with van der Waals surface area (Å²) in [6, 6.07) is 5.70. The number of rotatable bonds is 5. The molecule has 0 radical (unpaired) electrons. The first-order valence-electron chi connectivity index (χ1n) is 6.11. The molecule has 0 aliphatic heterocycles. The number of nitro groups is 1. The number of amides is 1. The first-order valence-corrected chi connectivity index (χ1v) is 7.05. The number of anilines is 1. The van der Waals surface area contributed by atoms with Crippen LogP contribution in [0.5, 0.6) is 0 Å². The Hall–Kier alpha value is -2.45. The Morgan fingerprint density at radius 2 is 2.19 bits per heavy atom. The summed E-state index contributed by atoms with van der Waals surface area (Å²) in [5.74, 6) is 4.76. The van der Waals surface area contributed by atoms with Crippen molar-refractivity contribution in [3.8, 4) is 0 Å². The summed E-state index contributed by atoms with van der Waals surface area (Å²) in [5.41, 5.74) is 3.45. The van der Waals surface area contributed by atoms with E-state index in [2.05, 4.69) is 10.7 Å². The van der Waals surface area contributed by atoms with Gasteiger partial charge in [-0.3, -0.25) is 20.8 Å². The van der Waals surface area contributed by atoms with Crippen molar-refractivity contribution in [3.63, 3.8) is 0 Å². The molecule has 1 heterocycles. The van der Waals surface area contributed by atoms with Crippen LogP contribution in [0.4, 0.5) is 11.4 Å². The van der Waals surface area contributed by atoms with E-state index in [4.69, 9.17) is 5.84 Å². The second-order valence-electron chi connectivity index (χ2n) is 4.39. The van der Waals surface area contributed by atoms with Gasteiger partial charge in [-0.15, -0.1) is 0 Å². The zero-order chi connectivity index (χ0) is 15.4. The summed E-state index contributed by atoms with van der Waals surface area (Å²) in [5, 5.41) is 17.6. The Morgan fingerprint density at radius 1 is 1.43 bits per heavy atom. The Bertz CT molecular complexity index is 657. The molecule has 4 N–H and O–H groups in total. The largest absolute Gasteiger partial charge is 0.345 e. The molecule has 0 saturated carbocycles. The molecule has 21 heavy (non-hydrogen) atoms. The van der Waals surface area contributed by atoms with Crippen molar-refractivity contribution in [1.29, 1.82) is 0 Å². The van der Waals surface area contributed by atoms with Gasteiger partial charge in [0.15, 0.2) is 0 Å². The van der Waals surface area contributed by atoms with Crippen molar-refractivity contribution in [3.05, 3.63) is 56.3 Å². The molecule has 0 aliphatic carbocycles. The van der Waals surface area contributed by atoms with Gasteiger partial charge in [0.05, 0.1) is 11.0 Å². The Morgan fingerprint density at radius 3 is 2.76 bits per heavy atom. The molecule has 2 rings (SSSR count). The third-order valence-electron chi connectivity index (χ3n) is 3.00. The fraction of sp³-hybridized carbons (Fsp3) is 0.154. The maximum absolute atomic E-state index is 12.3. The number of carbonyl (C=O) groups excluding carboxylic acids is 1. The molecule has 0 aliphatic rings. The van der Waals surface area contributed by atoms with Crippen LogP contribution in [0.1, 0.15) is 28.9 Å². The van der Waals surface area contributed by atoms with Gasteiger partial charge in [-0.2, -0.15) is 11.3 Å². The highest BCUT2D eigenvalue weighted by atomic mass is 32.1. The van der Waals surface area contributed by atoms with Crippen molar-refractivity contribution in [2.45, 2.75) is 13.0 Å². The molecule has 2 aromatic rings. The van der Waals surface area contributed by atoms with Gasteiger partial charge in [0.2, 0.25) is 0 Å². The van der Waals surface area contributed by atoms with Crippen LogP contribution in [-0.4, -0.2) is 10.8 Å². The van der Waals surface area contributed by atoms with Crippen LogP contribution in [0.3, 0.4) is 0 Å². The molecule has 0 saturated heterocycles. The normalized spacial score (nSPS) is 11.7. The molecule has 1 aromatic carbocycles. The lowest BCUT2D eigenvalue weighted by atomic mass is 10.1. The van der Waals surface area contributed by atoms with E-state index in [-0.39, 0.29) is 17.3 Å². The number of nitrogens with two attached hydrogens (primary N) is 1. The fourth-order valence-electron chi connectivity index (χ4n) is 1.85. The first kappa shape index (κ1) is 14.9. The van der Waals surface area contributed by atoms with Gasteiger partial charge in [0, 0.05) is 11.8 Å². The van der Waals surface area contributed by atoms with Crippen LogP contribution in [-0.2, 0) is 0 Å². The van der Waals surface area contributed by atoms with Gasteiger partial charge < -0.3 is 10.7 Å². The number of hydrogen-bond donors (Lipinski definition) is 3. The highest BCUT2D eigenvalue weighted by Gasteiger charge is 2.22. The molecule has 7 nitrogen and oxygen atoms in total. The fourth-order valence-corrected chi connectivity index (χ4v) is 2.60. The molecule has 0 bridgehead atoms. The topological polar surface area (TPSA) is 110 Å². The number of hydrazine groups is 1. The van der Waals surface area contributed by atoms with Crippen molar-refractivity contribution in [2.75, 3.05) is 5.43 Å². The number of nitrogens with zero attached hydrogens (tertiary/aromatic N) is 1. The summed E-state index contributed by atoms with van der Waals surface area (Å²) < 4.78 is 0. The molecule has 1 amide bonds. The van der Waals surface area contributed by atoms with Crippen LogP contribution < -0.4 is 16.6 Å². The van der Waals surface area contributed by atoms with Gasteiger partial charge in [-0.25, -0.2) is 0 Å². The van der Waals surface area contributed by atoms with E-state index in [0.29, 0.717) is 5.69 Å². The molecule has 0 spiro atoms. The number of thiophene rings is 1. The summed E-state index contributed by atoms with van der Waals surface area (Å²) >= 11 is 1.52. The number of hydrogen-bond acceptors (Lipinski definition) is 6. The maximum atomic E-state index is 12.3. The monoisotopic (exact) mass is 306 g/mol. The Kier molecular flexibility index (Phi) is 4.51. The van der Waals surface area contributed by atoms with Crippen molar-refractivity contribution in [2.24, 2.45) is 5.84 Å². The van der Waals surface area contributed by atoms with Gasteiger partial charge in [0.25, 0.3) is 11.6 Å². The zero-order valence-corrected chi connectivity index (χ0v) is 12.0. The Labute approximate surface area is 124 Å². The second kappa shape index (κ2) is 6.33. The average molecular weight is 306 g/mol. The number of nitro benzene ring substituents is 1. The standard InChI is InChI=1S/C13H14N4O3S/c1-8(9-4-5-21-7-9)15-13(18)11-6-10(16-14)2-3-12(11)17(19)20/h2-8,16H,14H2,1H3,(H,15,18). The van der Waals surface area contributed by atoms with E-state index in [1.807, 2.05) is 23.8 Å². The predicted octanol–water partition coefficient (Wildman–Crippen LogP) is 2.43. The zero-order valence-electron chi connectivity index (χ0n) is 11.2. The second-order valence-corrected chi connectivity index (χ2v) is 5.17. The van der Waals surface area contributed by atoms with Gasteiger partial charge in [-0.05, 0) is 41.4 Å². The number of carbonyl (C=O) groups is 1. The quantitative estimate of drug-likeness (QED) is 0.446. The molecule has 110 valence electrons. The van der Waals surface area contributed by atoms with Gasteiger partial charge in [-0.1, -0.05) is 0 Å². The molecule has 8 heteroatoms. The lowest BCUT2D eigenvalue weighted by Gasteiger charge is -2.13. The molecule has 1 atom stereocenters. The van der Waals surface area contributed by atoms with Gasteiger partial charge >= 0.3 is 0 Å². The van der Waals surface area contributed by atoms with Crippen LogP contribution >= 0.6 is 11.3 Å². The highest BCUT2D eigenvalue weighted by molar-refractivity contribution is 7.07. The number of nitrogen functional groups attached to an aromatic ring is 1. The minimum Gasteiger partial charge on any atom is -0.345 e. The smallest absolute Gasteiger partial charge is 0.282 e. The van der Waals surface area contributed by atoms with E-state index >= 15 is 0 Å². The van der Waals surface area contributed by atoms with Crippen LogP contribution in [0.15, 0.2) is 35.0 Å². The van der Waals surface area contributed by atoms with Crippen molar-refractivity contribution in [1.82, 2.24) is 5.32 Å². The molecule has 1 unspecified atom stereocenters. The third-order valence-corrected chi connectivity index (χ3v) is 3.70. The first-order chi connectivity index (χ1) is 10.0. The van der Waals surface area contributed by atoms with Crippen LogP contribution in [0.2, 0.25) is 0 Å². The SMILES string of the molecule is CC(NC(=O)c1cc(NN)ccc1[N+](=O)[O-])c1ccsc1. The molecule has 0 fully saturated rings. The van der Waals surface area contributed by atoms with Gasteiger partial charge in [0.1, 0.15) is 5.56 Å². The van der Waals surface area contributed by atoms with E-state index in [0.717, 1.165) is 5.56 Å². The average Bonchev–Trinajstić information content (AvgIpc) is 3.00. The van der Waals surface area contributed by atoms with Crippen molar-refractivity contribution < 1.29 is 9.72 Å². The summed E-state index contributed by atoms with van der Waals surface area (Å²) in [6.45, 7) is 1.82. The minimum absolute atomic E-state index is 0.0301. The minimum atomic E-state index is -0.593. The lowest BCUT2D eigenvalue weighted by molar-refractivity contribution is -0.385. The molecular weight excluding hydrogens is 292 g/mol. The van der Waals surface area contributed by atoms with Crippen LogP contribution in [0.25, 0.3) is 0 Å². The highest BCUT2D eigenvalue weighted by Crippen LogP contribution is 2.23. The van der Waals surface area contributed by atoms with E-state index in [1.165, 1.54) is 29.5 Å². The predicted molar refractivity (Wildman–Crippen MR) is 81.1 cm³/mol. The van der Waals surface area contributed by atoms with Crippen molar-refractivity contribution >= 4 is 28.6 Å². The van der Waals surface area contributed by atoms with E-state index in [9.17, 15) is 14.9 Å². The maximum Gasteiger partial charge on any atom is 0.282 e. The number of nitrogens with one attached hydrogen (secondary N) is 2.